The summed E-state index contributed by atoms with van der Waals surface area (Å²) in [5, 5.41) is 42.0. The molecule has 0 bridgehead atoms. The van der Waals surface area contributed by atoms with Crippen molar-refractivity contribution in [2.24, 2.45) is 7.05 Å². The van der Waals surface area contributed by atoms with Gasteiger partial charge in [0.05, 0.1) is 26.6 Å². The van der Waals surface area contributed by atoms with Crippen LogP contribution in [-0.4, -0.2) is 114 Å². The summed E-state index contributed by atoms with van der Waals surface area (Å²) in [7, 11) is -16.3. The van der Waals surface area contributed by atoms with Crippen LogP contribution in [0.1, 0.15) is 12.5 Å². The number of anilines is 2. The van der Waals surface area contributed by atoms with Crippen LogP contribution in [0.25, 0.3) is 22.3 Å². The number of aromatic amines is 2. The van der Waals surface area contributed by atoms with Gasteiger partial charge in [0.1, 0.15) is 36.6 Å². The van der Waals surface area contributed by atoms with Gasteiger partial charge in [0.25, 0.3) is 24.9 Å². The minimum absolute atomic E-state index is 0.000174. The molecule has 11 atom stereocenters. The number of nitrogens with zero attached hydrogens (tertiary/aromatic N) is 6. The average Bonchev–Trinajstić information content (AvgIpc) is 3.74. The zero-order valence-electron chi connectivity index (χ0n) is 25.9. The molecule has 28 nitrogen and oxygen atoms in total. The van der Waals surface area contributed by atoms with E-state index in [4.69, 9.17) is 20.9 Å². The predicted octanol–water partition coefficient (Wildman–Crippen LogP) is -5.18. The summed E-state index contributed by atoms with van der Waals surface area (Å²) in [4.78, 5) is 72.8. The van der Waals surface area contributed by atoms with E-state index in [1.54, 1.807) is 0 Å². The van der Waals surface area contributed by atoms with E-state index in [1.165, 1.54) is 17.9 Å². The van der Waals surface area contributed by atoms with Gasteiger partial charge in [-0.15, -0.1) is 0 Å². The van der Waals surface area contributed by atoms with Gasteiger partial charge in [-0.2, -0.15) is 9.29 Å². The number of rotatable bonds is 12. The van der Waals surface area contributed by atoms with Gasteiger partial charge in [0.2, 0.25) is 17.7 Å². The van der Waals surface area contributed by atoms with Crippen LogP contribution in [0, 0.1) is 0 Å². The number of hydrogen-bond acceptors (Lipinski definition) is 21. The van der Waals surface area contributed by atoms with Crippen molar-refractivity contribution in [1.29, 1.82) is 0 Å². The fourth-order valence-corrected chi connectivity index (χ4v) is 8.91. The van der Waals surface area contributed by atoms with Crippen molar-refractivity contribution in [3.8, 4) is 0 Å². The van der Waals surface area contributed by atoms with E-state index in [1.807, 2.05) is 0 Å². The van der Waals surface area contributed by atoms with Gasteiger partial charge in [-0.1, -0.05) is 4.98 Å². The van der Waals surface area contributed by atoms with Crippen LogP contribution >= 0.6 is 23.5 Å². The van der Waals surface area contributed by atoms with Crippen molar-refractivity contribution < 1.29 is 80.5 Å². The maximum absolute atomic E-state index is 12.4. The van der Waals surface area contributed by atoms with Crippen LogP contribution in [-0.2, 0) is 47.9 Å². The standard InChI is InChI=1S/C21H29N10O18P3/c1-29-5-31(15-9(29)17(37)28-21(23)26-15)19-13(35)11(33)7(47-19)3-45-51(40,41)49-52(42,43)48-50(38,39)44-2-6-10(32)12(34)18(46-6)30-4-24-8-14(30)25-20(22)27-16(8)36/h4-7,10-13,18-19,32-35H,2-3H2,1H3,(H8-,22,23,25,26,27,28,36,37,38,39,40,41,42,43)/t6-,7+,10-,11+,12-,13+,18-,19+/m1/s1. The van der Waals surface area contributed by atoms with Gasteiger partial charge in [-0.05, 0) is 0 Å². The Morgan fingerprint density at radius 3 is 2.23 bits per heavy atom. The highest BCUT2D eigenvalue weighted by molar-refractivity contribution is 7.66. The van der Waals surface area contributed by atoms with E-state index < -0.39 is 96.9 Å². The second-order valence-electron chi connectivity index (χ2n) is 11.3. The fourth-order valence-electron chi connectivity index (χ4n) is 5.43. The molecule has 4 aromatic rings. The molecule has 52 heavy (non-hydrogen) atoms. The van der Waals surface area contributed by atoms with Crippen molar-refractivity contribution in [2.75, 3.05) is 24.7 Å². The lowest BCUT2D eigenvalue weighted by molar-refractivity contribution is -0.745. The lowest BCUT2D eigenvalue weighted by atomic mass is 10.1. The second kappa shape index (κ2) is 13.7. The number of H-pyrrole nitrogens is 2. The lowest BCUT2D eigenvalue weighted by Gasteiger charge is -2.26. The number of aromatic nitrogens is 8. The summed E-state index contributed by atoms with van der Waals surface area (Å²) in [6, 6.07) is 0. The summed E-state index contributed by atoms with van der Waals surface area (Å²) in [6.07, 6.45) is -11.2. The first-order valence-electron chi connectivity index (χ1n) is 14.4. The summed E-state index contributed by atoms with van der Waals surface area (Å²) in [5.41, 5.74) is 9.32. The van der Waals surface area contributed by atoms with E-state index in [0.29, 0.717) is 0 Å². The van der Waals surface area contributed by atoms with Crippen LogP contribution in [0.2, 0.25) is 0 Å². The lowest BCUT2D eigenvalue weighted by Crippen LogP contribution is -2.46. The van der Waals surface area contributed by atoms with Crippen molar-refractivity contribution in [3.05, 3.63) is 33.4 Å². The normalized spacial score (nSPS) is 30.1. The summed E-state index contributed by atoms with van der Waals surface area (Å²) >= 11 is 0. The van der Waals surface area contributed by atoms with E-state index in [9.17, 15) is 58.4 Å². The van der Waals surface area contributed by atoms with Crippen LogP contribution < -0.4 is 32.0 Å². The van der Waals surface area contributed by atoms with Crippen molar-refractivity contribution in [2.45, 2.75) is 49.1 Å². The molecule has 6 rings (SSSR count). The van der Waals surface area contributed by atoms with Gasteiger partial charge in [-0.25, -0.2) is 23.0 Å². The molecule has 31 heteroatoms. The van der Waals surface area contributed by atoms with Gasteiger partial charge in [0, 0.05) is 0 Å². The van der Waals surface area contributed by atoms with E-state index in [-0.39, 0.29) is 34.2 Å². The topological polar surface area (TPSA) is 421 Å². The summed E-state index contributed by atoms with van der Waals surface area (Å²) in [5.74, 6) is -0.602. The zero-order chi connectivity index (χ0) is 38.1. The zero-order valence-corrected chi connectivity index (χ0v) is 28.6. The summed E-state index contributed by atoms with van der Waals surface area (Å²) in [6.45, 7) is -2.25. The number of nitrogens with two attached hydrogens (primary N) is 2. The molecule has 0 saturated carbocycles. The van der Waals surface area contributed by atoms with E-state index in [0.717, 1.165) is 15.5 Å². The Morgan fingerprint density at radius 1 is 0.904 bits per heavy atom. The minimum Gasteiger partial charge on any atom is -0.756 e. The molecule has 2 saturated heterocycles. The SMILES string of the molecule is Cn1c[n+]([C@H]2O[C@@H](COP(=O)([O-])OP(=O)(O)OP(=O)(O)OC[C@H]3O[C@@H](n4cnc5c(=O)[nH]c(N)nc54)[C@H](O)[C@@H]3O)[C@H](O)[C@@H]2O)c2nc(N)[nH]c(=O)c21. The fraction of sp³-hybridized carbons (Fsp3) is 0.524. The first-order valence-corrected chi connectivity index (χ1v) is 18.8. The first kappa shape index (κ1) is 38.2. The second-order valence-corrected chi connectivity index (χ2v) is 15.9. The van der Waals surface area contributed by atoms with Crippen LogP contribution in [0.3, 0.4) is 0 Å². The van der Waals surface area contributed by atoms with Gasteiger partial charge < -0.3 is 60.6 Å². The molecule has 2 aliphatic rings. The monoisotopic (exact) mass is 802 g/mol. The molecule has 0 amide bonds. The predicted molar refractivity (Wildman–Crippen MR) is 162 cm³/mol. The first-order chi connectivity index (χ1) is 24.2. The number of hydrogen-bond donors (Lipinski definition) is 10. The maximum Gasteiger partial charge on any atom is 0.487 e. The third kappa shape index (κ3) is 7.46. The molecule has 286 valence electrons. The largest absolute Gasteiger partial charge is 0.756 e. The number of ether oxygens (including phenoxy) is 2. The Balaban J connectivity index is 1.05. The molecule has 0 aliphatic carbocycles. The van der Waals surface area contributed by atoms with Gasteiger partial charge in [-0.3, -0.25) is 37.8 Å². The molecular weight excluding hydrogens is 773 g/mol. The molecule has 0 radical (unpaired) electrons. The van der Waals surface area contributed by atoms with Gasteiger partial charge in [0.15, 0.2) is 23.7 Å². The number of imidazole rings is 2. The maximum atomic E-state index is 12.4. The number of phosphoric ester groups is 2. The van der Waals surface area contributed by atoms with E-state index in [2.05, 4.69) is 42.6 Å². The van der Waals surface area contributed by atoms with Crippen molar-refractivity contribution in [1.82, 2.24) is 34.1 Å². The number of aryl methyl sites for hydroxylation is 1. The Labute approximate surface area is 286 Å². The molecule has 0 spiro atoms. The Hall–Kier alpha value is -3.53. The Kier molecular flexibility index (Phi) is 10.1. The smallest absolute Gasteiger partial charge is 0.487 e. The number of aliphatic hydroxyl groups is 4. The molecule has 2 aliphatic heterocycles. The quantitative estimate of drug-likeness (QED) is 0.0473. The Bertz CT molecular complexity index is 2280. The molecule has 4 aromatic heterocycles. The van der Waals surface area contributed by atoms with Crippen LogP contribution in [0.5, 0.6) is 0 Å². The number of nitrogens with one attached hydrogen (secondary N) is 2. The molecule has 3 unspecified atom stereocenters. The van der Waals surface area contributed by atoms with Crippen LogP contribution in [0.15, 0.2) is 22.2 Å². The third-order valence-corrected chi connectivity index (χ3v) is 11.9. The van der Waals surface area contributed by atoms with Crippen molar-refractivity contribution in [3.63, 3.8) is 0 Å². The summed E-state index contributed by atoms with van der Waals surface area (Å²) < 4.78 is 68.6. The van der Waals surface area contributed by atoms with Crippen molar-refractivity contribution >= 4 is 57.7 Å². The Morgan fingerprint density at radius 2 is 1.52 bits per heavy atom. The highest BCUT2D eigenvalue weighted by Gasteiger charge is 2.49. The molecule has 6 heterocycles. The van der Waals surface area contributed by atoms with E-state index >= 15 is 0 Å². The molecule has 2 fully saturated rings. The molecule has 12 N–H and O–H groups in total. The molecule has 0 aromatic carbocycles. The molecular formula is C21H29N10O18P3. The minimum atomic E-state index is -6.06. The average molecular weight is 802 g/mol. The number of aliphatic hydroxyl groups excluding tert-OH is 4. The highest BCUT2D eigenvalue weighted by atomic mass is 31.3. The number of phosphoric acid groups is 3. The highest BCUT2D eigenvalue weighted by Crippen LogP contribution is 2.66. The van der Waals surface area contributed by atoms with Gasteiger partial charge >= 0.3 is 21.3 Å². The number of fused-ring (bicyclic) bond motifs is 2. The number of nitrogen functional groups attached to an aromatic ring is 2. The van der Waals surface area contributed by atoms with Crippen LogP contribution in [0.4, 0.5) is 11.9 Å². The third-order valence-electron chi connectivity index (χ3n) is 7.67.